The average molecular weight is 600 g/mol. The van der Waals surface area contributed by atoms with Crippen molar-refractivity contribution in [2.24, 2.45) is 0 Å². The molecule has 0 fully saturated rings. The van der Waals surface area contributed by atoms with Crippen LogP contribution >= 0.6 is 11.6 Å². The molecule has 1 N–H and O–H groups in total. The van der Waals surface area contributed by atoms with E-state index in [0.29, 0.717) is 28.1 Å². The second-order valence-corrected chi connectivity index (χ2v) is 9.45. The van der Waals surface area contributed by atoms with Gasteiger partial charge >= 0.3 is 6.18 Å². The molecule has 0 amide bonds. The Kier molecular flexibility index (Phi) is 6.94. The lowest BCUT2D eigenvalue weighted by atomic mass is 10.0. The summed E-state index contributed by atoms with van der Waals surface area (Å²) in [5, 5.41) is 17.9. The molecule has 6 aromatic rings. The first-order chi connectivity index (χ1) is 20.2. The lowest BCUT2D eigenvalue weighted by molar-refractivity contribution is -0.659. The number of hydrogen-bond donors (Lipinski definition) is 1. The maximum Gasteiger partial charge on any atom is 0.435 e. The number of halogens is 6. The van der Waals surface area contributed by atoms with Crippen LogP contribution in [-0.2, 0) is 12.7 Å². The highest BCUT2D eigenvalue weighted by Crippen LogP contribution is 2.33. The highest BCUT2D eigenvalue weighted by Gasteiger charge is 2.34. The normalized spacial score (nSPS) is 12.5. The van der Waals surface area contributed by atoms with Gasteiger partial charge in [-0.05, 0) is 35.9 Å². The van der Waals surface area contributed by atoms with Crippen molar-refractivity contribution in [3.05, 3.63) is 108 Å². The van der Waals surface area contributed by atoms with E-state index in [1.807, 2.05) is 0 Å². The molecule has 0 aliphatic carbocycles. The number of hydrogen-bond acceptors (Lipinski definition) is 6. The third kappa shape index (κ3) is 5.33. The van der Waals surface area contributed by atoms with Gasteiger partial charge in [0.15, 0.2) is 16.7 Å². The van der Waals surface area contributed by atoms with Crippen LogP contribution in [0.1, 0.15) is 17.4 Å². The van der Waals surface area contributed by atoms with Crippen molar-refractivity contribution in [1.82, 2.24) is 45.1 Å². The van der Waals surface area contributed by atoms with E-state index >= 15 is 4.39 Å². The number of alkyl halides is 3. The topological polar surface area (TPSA) is 107 Å². The molecule has 5 aromatic heterocycles. The molecule has 0 aliphatic rings. The summed E-state index contributed by atoms with van der Waals surface area (Å²) in [6.45, 7) is -0.0826. The molecule has 1 unspecified atom stereocenters. The predicted molar refractivity (Wildman–Crippen MR) is 137 cm³/mol. The maximum atomic E-state index is 15.3. The molecular weight excluding hydrogens is 583 g/mol. The van der Waals surface area contributed by atoms with Gasteiger partial charge in [0.1, 0.15) is 16.8 Å². The van der Waals surface area contributed by atoms with Crippen molar-refractivity contribution in [2.75, 3.05) is 0 Å². The van der Waals surface area contributed by atoms with Gasteiger partial charge in [-0.25, -0.2) is 9.37 Å². The number of nitrogens with one attached hydrogen (secondary N) is 1. The third-order valence-corrected chi connectivity index (χ3v) is 6.69. The van der Waals surface area contributed by atoms with E-state index < -0.39 is 29.7 Å². The number of aromatic nitrogens is 10. The molecular formula is C26H17ClF5N10+. The van der Waals surface area contributed by atoms with Crippen LogP contribution in [0.15, 0.2) is 79.8 Å². The third-order valence-electron chi connectivity index (χ3n) is 6.40. The molecule has 0 bridgehead atoms. The van der Waals surface area contributed by atoms with Crippen LogP contribution in [0.5, 0.6) is 0 Å². The number of H-pyrrole nitrogens is 1. The Bertz CT molecular complexity index is 1850. The first-order valence-corrected chi connectivity index (χ1v) is 12.5. The largest absolute Gasteiger partial charge is 0.435 e. The predicted octanol–water partition coefficient (Wildman–Crippen LogP) is 4.84. The van der Waals surface area contributed by atoms with Crippen molar-refractivity contribution in [3.63, 3.8) is 0 Å². The van der Waals surface area contributed by atoms with Crippen molar-refractivity contribution in [3.8, 4) is 27.9 Å². The number of benzene rings is 1. The Morgan fingerprint density at radius 1 is 0.976 bits per heavy atom. The summed E-state index contributed by atoms with van der Waals surface area (Å²) in [5.74, 6) is -1.37. The zero-order valence-electron chi connectivity index (χ0n) is 21.1. The van der Waals surface area contributed by atoms with Crippen LogP contribution in [0, 0.1) is 11.8 Å². The Labute approximate surface area is 238 Å². The first kappa shape index (κ1) is 27.1. The minimum Gasteiger partial charge on any atom is -0.270 e. The lowest BCUT2D eigenvalue weighted by Crippen LogP contribution is -2.33. The SMILES string of the molecule is Fc1cc(-c2cnn(C(Cn3ccc(C(F)(F)F)n3)c3ccc(-c4c(-[n+]5cnn[nH]5)ccc(Cl)c4F)cn3)c2)ccn1. The second-order valence-electron chi connectivity index (χ2n) is 9.04. The summed E-state index contributed by atoms with van der Waals surface area (Å²) < 4.78 is 72.7. The average Bonchev–Trinajstić information content (AvgIpc) is 3.76. The minimum absolute atomic E-state index is 0.0826. The van der Waals surface area contributed by atoms with Gasteiger partial charge in [-0.1, -0.05) is 22.9 Å². The molecule has 42 heavy (non-hydrogen) atoms. The van der Waals surface area contributed by atoms with Gasteiger partial charge in [0.05, 0.1) is 29.0 Å². The molecule has 0 radical (unpaired) electrons. The summed E-state index contributed by atoms with van der Waals surface area (Å²) in [5.41, 5.74) is 1.24. The van der Waals surface area contributed by atoms with Gasteiger partial charge < -0.3 is 0 Å². The molecule has 1 atom stereocenters. The molecule has 0 saturated carbocycles. The molecule has 212 valence electrons. The van der Waals surface area contributed by atoms with Crippen molar-refractivity contribution >= 4 is 11.6 Å². The van der Waals surface area contributed by atoms with E-state index in [4.69, 9.17) is 11.6 Å². The minimum atomic E-state index is -4.62. The summed E-state index contributed by atoms with van der Waals surface area (Å²) in [4.78, 5) is 8.07. The fourth-order valence-corrected chi connectivity index (χ4v) is 4.56. The Morgan fingerprint density at radius 2 is 1.83 bits per heavy atom. The van der Waals surface area contributed by atoms with Gasteiger partial charge in [0, 0.05) is 42.0 Å². The van der Waals surface area contributed by atoms with Crippen LogP contribution in [0.4, 0.5) is 22.0 Å². The number of pyridine rings is 2. The van der Waals surface area contributed by atoms with E-state index in [2.05, 4.69) is 35.7 Å². The Hall–Kier alpha value is -5.05. The lowest BCUT2D eigenvalue weighted by Gasteiger charge is -2.18. The zero-order valence-corrected chi connectivity index (χ0v) is 21.8. The second kappa shape index (κ2) is 10.7. The highest BCUT2D eigenvalue weighted by molar-refractivity contribution is 6.31. The quantitative estimate of drug-likeness (QED) is 0.160. The van der Waals surface area contributed by atoms with Gasteiger partial charge in [0.25, 0.3) is 6.33 Å². The number of aromatic amines is 1. The van der Waals surface area contributed by atoms with Gasteiger partial charge in [-0.2, -0.15) is 27.8 Å². The van der Waals surface area contributed by atoms with E-state index in [-0.39, 0.29) is 17.1 Å². The summed E-state index contributed by atoms with van der Waals surface area (Å²) in [6, 6.07) is 9.12. The van der Waals surface area contributed by atoms with E-state index in [1.165, 1.54) is 52.6 Å². The molecule has 5 heterocycles. The monoisotopic (exact) mass is 599 g/mol. The molecule has 0 spiro atoms. The fourth-order valence-electron chi connectivity index (χ4n) is 4.40. The molecule has 0 aliphatic heterocycles. The van der Waals surface area contributed by atoms with Crippen molar-refractivity contribution in [2.45, 2.75) is 18.8 Å². The van der Waals surface area contributed by atoms with E-state index in [0.717, 1.165) is 10.7 Å². The molecule has 16 heteroatoms. The van der Waals surface area contributed by atoms with Crippen LogP contribution in [0.3, 0.4) is 0 Å². The van der Waals surface area contributed by atoms with Crippen molar-refractivity contribution in [1.29, 1.82) is 0 Å². The smallest absolute Gasteiger partial charge is 0.270 e. The first-order valence-electron chi connectivity index (χ1n) is 12.2. The standard InChI is InChI=1S/C26H16ClF5N10/c27-18-2-4-20(42-14-35-38-39-42)24(25(18)29)16-1-3-19(34-10-16)21(13-40-8-6-22(37-40)26(30,31)32)41-12-17(11-36-41)15-5-7-33-23(28)9-15/h1-12,14,21H,13H2/p+1. The highest BCUT2D eigenvalue weighted by atomic mass is 35.5. The van der Waals surface area contributed by atoms with Crippen LogP contribution < -0.4 is 4.68 Å². The Balaban J connectivity index is 1.40. The van der Waals surface area contributed by atoms with Crippen molar-refractivity contribution < 1.29 is 26.6 Å². The maximum absolute atomic E-state index is 15.3. The molecule has 1 aromatic carbocycles. The van der Waals surface area contributed by atoms with Crippen LogP contribution in [-0.4, -0.2) is 45.1 Å². The van der Waals surface area contributed by atoms with Crippen LogP contribution in [0.2, 0.25) is 5.02 Å². The van der Waals surface area contributed by atoms with Gasteiger partial charge in [-0.3, -0.25) is 14.3 Å². The fraction of sp³-hybridized carbons (Fsp3) is 0.115. The summed E-state index contributed by atoms with van der Waals surface area (Å²) in [7, 11) is 0. The zero-order chi connectivity index (χ0) is 29.4. The number of rotatable bonds is 7. The van der Waals surface area contributed by atoms with E-state index in [9.17, 15) is 17.6 Å². The van der Waals surface area contributed by atoms with Gasteiger partial charge in [0.2, 0.25) is 5.95 Å². The van der Waals surface area contributed by atoms with E-state index in [1.54, 1.807) is 30.5 Å². The van der Waals surface area contributed by atoms with Crippen LogP contribution in [0.25, 0.3) is 27.9 Å². The molecule has 6 rings (SSSR count). The van der Waals surface area contributed by atoms with Gasteiger partial charge in [-0.15, -0.1) is 4.68 Å². The molecule has 0 saturated heterocycles. The summed E-state index contributed by atoms with van der Waals surface area (Å²) in [6.07, 6.45) is 3.76. The number of tetrazole rings is 1. The number of nitrogens with zero attached hydrogens (tertiary/aromatic N) is 9. The Morgan fingerprint density at radius 3 is 2.52 bits per heavy atom. The summed E-state index contributed by atoms with van der Waals surface area (Å²) >= 11 is 6.07. The molecule has 10 nitrogen and oxygen atoms in total.